The second-order valence-electron chi connectivity index (χ2n) is 6.51. The van der Waals surface area contributed by atoms with E-state index in [-0.39, 0.29) is 16.7 Å². The van der Waals surface area contributed by atoms with Crippen LogP contribution in [0.3, 0.4) is 0 Å². The largest absolute Gasteiger partial charge is 0.292 e. The van der Waals surface area contributed by atoms with Crippen molar-refractivity contribution in [1.29, 1.82) is 0 Å². The quantitative estimate of drug-likeness (QED) is 0.622. The minimum absolute atomic E-state index is 0.131. The van der Waals surface area contributed by atoms with Crippen molar-refractivity contribution in [1.82, 2.24) is 5.01 Å². The molecule has 1 heterocycles. The van der Waals surface area contributed by atoms with E-state index in [4.69, 9.17) is 5.10 Å². The maximum Gasteiger partial charge on any atom is 0.269 e. The first kappa shape index (κ1) is 14.9. The number of benzene rings is 2. The molecule has 0 N–H and O–H groups in total. The molecule has 0 amide bonds. The van der Waals surface area contributed by atoms with E-state index < -0.39 is 0 Å². The first-order valence-corrected chi connectivity index (χ1v) is 8.29. The van der Waals surface area contributed by atoms with Gasteiger partial charge in [0.05, 0.1) is 16.7 Å². The van der Waals surface area contributed by atoms with E-state index in [1.807, 2.05) is 24.2 Å². The van der Waals surface area contributed by atoms with Gasteiger partial charge < -0.3 is 0 Å². The van der Waals surface area contributed by atoms with E-state index in [0.29, 0.717) is 5.92 Å². The summed E-state index contributed by atoms with van der Waals surface area (Å²) in [6.45, 7) is 0. The molecule has 2 aromatic rings. The predicted octanol–water partition coefficient (Wildman–Crippen LogP) is 3.94. The third-order valence-electron chi connectivity index (χ3n) is 5.10. The number of hydrazone groups is 1. The van der Waals surface area contributed by atoms with Crippen molar-refractivity contribution in [3.63, 3.8) is 0 Å². The summed E-state index contributed by atoms with van der Waals surface area (Å²) in [6.07, 6.45) is 3.31. The zero-order valence-electron chi connectivity index (χ0n) is 13.6. The summed E-state index contributed by atoms with van der Waals surface area (Å²) in [4.78, 5) is 10.5. The highest BCUT2D eigenvalue weighted by Crippen LogP contribution is 2.41. The molecule has 4 rings (SSSR count). The third kappa shape index (κ3) is 2.37. The first-order valence-electron chi connectivity index (χ1n) is 8.29. The lowest BCUT2D eigenvalue weighted by atomic mass is 9.85. The molecule has 24 heavy (non-hydrogen) atoms. The number of hydrogen-bond acceptors (Lipinski definition) is 4. The summed E-state index contributed by atoms with van der Waals surface area (Å²) in [6, 6.07) is 15.6. The monoisotopic (exact) mass is 321 g/mol. The average Bonchev–Trinajstić information content (AvgIpc) is 2.81. The molecule has 5 heteroatoms. The summed E-state index contributed by atoms with van der Waals surface area (Å²) in [5.41, 5.74) is 5.01. The Morgan fingerprint density at radius 2 is 1.92 bits per heavy atom. The zero-order chi connectivity index (χ0) is 16.7. The van der Waals surface area contributed by atoms with Crippen molar-refractivity contribution >= 4 is 11.4 Å². The van der Waals surface area contributed by atoms with Crippen LogP contribution in [0, 0.1) is 16.0 Å². The van der Waals surface area contributed by atoms with Crippen LogP contribution in [0.5, 0.6) is 0 Å². The lowest BCUT2D eigenvalue weighted by Crippen LogP contribution is -2.23. The highest BCUT2D eigenvalue weighted by atomic mass is 16.6. The molecule has 0 fully saturated rings. The fourth-order valence-electron chi connectivity index (χ4n) is 4.01. The lowest BCUT2D eigenvalue weighted by molar-refractivity contribution is -0.384. The molecule has 0 bridgehead atoms. The maximum absolute atomic E-state index is 10.9. The molecule has 5 nitrogen and oxygen atoms in total. The van der Waals surface area contributed by atoms with Gasteiger partial charge in [0.1, 0.15) is 0 Å². The molecule has 2 unspecified atom stereocenters. The van der Waals surface area contributed by atoms with E-state index in [0.717, 1.165) is 30.5 Å². The molecule has 1 aliphatic heterocycles. The molecule has 0 aromatic heterocycles. The Balaban J connectivity index is 1.72. The summed E-state index contributed by atoms with van der Waals surface area (Å²) in [7, 11) is 2.00. The number of nitrogens with zero attached hydrogens (tertiary/aromatic N) is 3. The van der Waals surface area contributed by atoms with Gasteiger partial charge in [0.25, 0.3) is 5.69 Å². The summed E-state index contributed by atoms with van der Waals surface area (Å²) in [5, 5.41) is 17.7. The number of hydrogen-bond donors (Lipinski definition) is 0. The fourth-order valence-corrected chi connectivity index (χ4v) is 4.01. The third-order valence-corrected chi connectivity index (χ3v) is 5.10. The number of fused-ring (bicyclic) bond motifs is 3. The highest BCUT2D eigenvalue weighted by Gasteiger charge is 2.38. The number of nitro groups is 1. The van der Waals surface area contributed by atoms with Gasteiger partial charge in [-0.05, 0) is 30.4 Å². The molecular weight excluding hydrogens is 302 g/mol. The Morgan fingerprint density at radius 3 is 2.67 bits per heavy atom. The van der Waals surface area contributed by atoms with Crippen molar-refractivity contribution in [2.75, 3.05) is 7.05 Å². The van der Waals surface area contributed by atoms with Gasteiger partial charge in [0, 0.05) is 30.7 Å². The topological polar surface area (TPSA) is 58.7 Å². The van der Waals surface area contributed by atoms with Crippen LogP contribution in [0.1, 0.15) is 35.6 Å². The second kappa shape index (κ2) is 5.74. The Hall–Kier alpha value is -2.69. The lowest BCUT2D eigenvalue weighted by Gasteiger charge is -2.25. The minimum Gasteiger partial charge on any atom is -0.292 e. The molecule has 122 valence electrons. The van der Waals surface area contributed by atoms with Gasteiger partial charge in [-0.3, -0.25) is 15.1 Å². The van der Waals surface area contributed by atoms with Crippen molar-refractivity contribution < 1.29 is 4.92 Å². The molecule has 2 aliphatic rings. The molecule has 0 saturated carbocycles. The fraction of sp³-hybridized carbons (Fsp3) is 0.316. The average molecular weight is 321 g/mol. The van der Waals surface area contributed by atoms with Crippen LogP contribution < -0.4 is 0 Å². The summed E-state index contributed by atoms with van der Waals surface area (Å²) < 4.78 is 0. The standard InChI is InChI=1S/C19H19N3O2/c1-21-19(14-9-11-15(12-10-14)22(23)24)17-8-4-6-13-5-2-3-7-16(13)18(17)20-21/h2-3,5,7,9-12,17,19H,4,6,8H2,1H3. The van der Waals surface area contributed by atoms with E-state index in [2.05, 4.69) is 24.3 Å². The number of non-ortho nitro benzene ring substituents is 1. The summed E-state index contributed by atoms with van der Waals surface area (Å²) >= 11 is 0. The first-order chi connectivity index (χ1) is 11.6. The molecule has 0 spiro atoms. The van der Waals surface area contributed by atoms with Crippen LogP contribution >= 0.6 is 0 Å². The van der Waals surface area contributed by atoms with Crippen LogP contribution in [0.25, 0.3) is 0 Å². The normalized spacial score (nSPS) is 22.4. The van der Waals surface area contributed by atoms with Crippen molar-refractivity contribution in [2.24, 2.45) is 11.0 Å². The van der Waals surface area contributed by atoms with Gasteiger partial charge >= 0.3 is 0 Å². The van der Waals surface area contributed by atoms with Gasteiger partial charge in [-0.15, -0.1) is 0 Å². The molecule has 2 aromatic carbocycles. The van der Waals surface area contributed by atoms with Gasteiger partial charge in [-0.2, -0.15) is 5.10 Å². The molecular formula is C19H19N3O2. The second-order valence-corrected chi connectivity index (χ2v) is 6.51. The van der Waals surface area contributed by atoms with Crippen LogP contribution in [0.2, 0.25) is 0 Å². The van der Waals surface area contributed by atoms with E-state index in [1.165, 1.54) is 11.1 Å². The van der Waals surface area contributed by atoms with Crippen LogP contribution in [0.15, 0.2) is 53.6 Å². The zero-order valence-corrected chi connectivity index (χ0v) is 13.6. The number of nitro benzene ring substituents is 1. The van der Waals surface area contributed by atoms with Gasteiger partial charge in [0.15, 0.2) is 0 Å². The SMILES string of the molecule is CN1N=C2c3ccccc3CCCC2C1c1ccc([N+](=O)[O-])cc1. The Morgan fingerprint density at radius 1 is 1.17 bits per heavy atom. The molecule has 0 radical (unpaired) electrons. The van der Waals surface area contributed by atoms with Gasteiger partial charge in [0.2, 0.25) is 0 Å². The Kier molecular flexibility index (Phi) is 3.56. The Labute approximate surface area is 140 Å². The van der Waals surface area contributed by atoms with Crippen molar-refractivity contribution in [3.8, 4) is 0 Å². The van der Waals surface area contributed by atoms with Crippen molar-refractivity contribution in [3.05, 3.63) is 75.3 Å². The van der Waals surface area contributed by atoms with Gasteiger partial charge in [-0.1, -0.05) is 36.4 Å². The summed E-state index contributed by atoms with van der Waals surface area (Å²) in [5.74, 6) is 0.333. The van der Waals surface area contributed by atoms with Crippen LogP contribution in [-0.4, -0.2) is 22.7 Å². The van der Waals surface area contributed by atoms with Crippen molar-refractivity contribution in [2.45, 2.75) is 25.3 Å². The molecule has 0 saturated heterocycles. The molecule has 1 aliphatic carbocycles. The molecule has 2 atom stereocenters. The predicted molar refractivity (Wildman–Crippen MR) is 93.0 cm³/mol. The van der Waals surface area contributed by atoms with E-state index in [9.17, 15) is 10.1 Å². The van der Waals surface area contributed by atoms with Gasteiger partial charge in [-0.25, -0.2) is 0 Å². The van der Waals surface area contributed by atoms with Crippen LogP contribution in [0.4, 0.5) is 5.69 Å². The van der Waals surface area contributed by atoms with E-state index >= 15 is 0 Å². The Bertz CT molecular complexity index is 814. The maximum atomic E-state index is 10.9. The highest BCUT2D eigenvalue weighted by molar-refractivity contribution is 6.05. The van der Waals surface area contributed by atoms with Crippen LogP contribution in [-0.2, 0) is 6.42 Å². The number of rotatable bonds is 2. The van der Waals surface area contributed by atoms with E-state index in [1.54, 1.807) is 12.1 Å². The minimum atomic E-state index is -0.355. The number of aryl methyl sites for hydroxylation is 1. The smallest absolute Gasteiger partial charge is 0.269 e.